The molecule has 0 bridgehead atoms. The van der Waals surface area contributed by atoms with Crippen LogP contribution in [0.4, 0.5) is 5.95 Å². The molecule has 0 spiro atoms. The van der Waals surface area contributed by atoms with Crippen LogP contribution in [0.15, 0.2) is 24.7 Å². The van der Waals surface area contributed by atoms with Crippen LogP contribution in [0.1, 0.15) is 19.5 Å². The topological polar surface area (TPSA) is 97.6 Å². The van der Waals surface area contributed by atoms with Crippen molar-refractivity contribution in [2.45, 2.75) is 26.9 Å². The smallest absolute Gasteiger partial charge is 0.248 e. The van der Waals surface area contributed by atoms with Gasteiger partial charge in [0.25, 0.3) is 0 Å². The number of nitrogens with zero attached hydrogens (tertiary/aromatic N) is 5. The van der Waals surface area contributed by atoms with Gasteiger partial charge in [0.05, 0.1) is 11.9 Å². The van der Waals surface area contributed by atoms with Gasteiger partial charge in [-0.1, -0.05) is 19.1 Å². The van der Waals surface area contributed by atoms with Crippen molar-refractivity contribution in [2.24, 2.45) is 5.92 Å². The van der Waals surface area contributed by atoms with Gasteiger partial charge >= 0.3 is 0 Å². The predicted molar refractivity (Wildman–Crippen MR) is 77.2 cm³/mol. The minimum absolute atomic E-state index is 0.0788. The first-order chi connectivity index (χ1) is 10.1. The van der Waals surface area contributed by atoms with E-state index in [9.17, 15) is 4.79 Å². The Hall–Kier alpha value is -2.35. The second-order valence-electron chi connectivity index (χ2n) is 5.05. The van der Waals surface area contributed by atoms with Crippen molar-refractivity contribution in [3.8, 4) is 0 Å². The maximum Gasteiger partial charge on any atom is 0.248 e. The van der Waals surface area contributed by atoms with Gasteiger partial charge in [-0.05, 0) is 18.5 Å². The highest BCUT2D eigenvalue weighted by molar-refractivity contribution is 5.88. The molecule has 0 radical (unpaired) electrons. The van der Waals surface area contributed by atoms with E-state index in [0.717, 1.165) is 12.2 Å². The SMILES string of the molecule is CC(C)CNCc1cn(CC(=O)Nc2ncccn2)nn1. The molecule has 1 amide bonds. The van der Waals surface area contributed by atoms with E-state index in [4.69, 9.17) is 0 Å². The van der Waals surface area contributed by atoms with Crippen molar-refractivity contribution in [1.29, 1.82) is 0 Å². The highest BCUT2D eigenvalue weighted by atomic mass is 16.2. The lowest BCUT2D eigenvalue weighted by molar-refractivity contribution is -0.117. The average Bonchev–Trinajstić information content (AvgIpc) is 2.86. The van der Waals surface area contributed by atoms with Crippen LogP contribution in [0.3, 0.4) is 0 Å². The monoisotopic (exact) mass is 289 g/mol. The van der Waals surface area contributed by atoms with E-state index < -0.39 is 0 Å². The number of hydrogen-bond donors (Lipinski definition) is 2. The number of amides is 1. The quantitative estimate of drug-likeness (QED) is 0.768. The normalized spacial score (nSPS) is 10.8. The average molecular weight is 289 g/mol. The third-order valence-electron chi connectivity index (χ3n) is 2.57. The minimum Gasteiger partial charge on any atom is -0.311 e. The first kappa shape index (κ1) is 15.0. The Kier molecular flexibility index (Phi) is 5.33. The summed E-state index contributed by atoms with van der Waals surface area (Å²) in [6.45, 7) is 5.91. The second-order valence-corrected chi connectivity index (χ2v) is 5.05. The lowest BCUT2D eigenvalue weighted by Crippen LogP contribution is -2.20. The summed E-state index contributed by atoms with van der Waals surface area (Å²) in [7, 11) is 0. The summed E-state index contributed by atoms with van der Waals surface area (Å²) in [5.74, 6) is 0.617. The van der Waals surface area contributed by atoms with E-state index in [0.29, 0.717) is 12.5 Å². The summed E-state index contributed by atoms with van der Waals surface area (Å²) in [6.07, 6.45) is 4.88. The molecule has 2 heterocycles. The van der Waals surface area contributed by atoms with E-state index in [1.54, 1.807) is 24.7 Å². The Bertz CT molecular complexity index is 567. The lowest BCUT2D eigenvalue weighted by atomic mass is 10.2. The molecule has 0 aliphatic heterocycles. The lowest BCUT2D eigenvalue weighted by Gasteiger charge is -2.04. The molecule has 8 heteroatoms. The number of carbonyl (C=O) groups is 1. The van der Waals surface area contributed by atoms with Gasteiger partial charge in [-0.25, -0.2) is 14.6 Å². The molecule has 0 atom stereocenters. The third kappa shape index (κ3) is 5.27. The number of hydrogen-bond acceptors (Lipinski definition) is 6. The molecule has 21 heavy (non-hydrogen) atoms. The highest BCUT2D eigenvalue weighted by Crippen LogP contribution is 1.97. The molecular weight excluding hydrogens is 270 g/mol. The van der Waals surface area contributed by atoms with Crippen LogP contribution < -0.4 is 10.6 Å². The Balaban J connectivity index is 1.80. The van der Waals surface area contributed by atoms with Gasteiger partial charge in [0.1, 0.15) is 6.54 Å². The Morgan fingerprint density at radius 3 is 2.81 bits per heavy atom. The summed E-state index contributed by atoms with van der Waals surface area (Å²) in [5, 5.41) is 13.8. The molecule has 0 saturated carbocycles. The van der Waals surface area contributed by atoms with Crippen LogP contribution in [0, 0.1) is 5.92 Å². The Labute approximate surface area is 123 Å². The number of nitrogens with one attached hydrogen (secondary N) is 2. The molecular formula is C13H19N7O. The number of aromatic nitrogens is 5. The molecule has 0 unspecified atom stereocenters. The van der Waals surface area contributed by atoms with Crippen molar-refractivity contribution >= 4 is 11.9 Å². The molecule has 2 N–H and O–H groups in total. The van der Waals surface area contributed by atoms with Crippen LogP contribution in [-0.2, 0) is 17.9 Å². The molecule has 0 aliphatic carbocycles. The number of rotatable bonds is 7. The van der Waals surface area contributed by atoms with Gasteiger partial charge < -0.3 is 5.32 Å². The fourth-order valence-corrected chi connectivity index (χ4v) is 1.66. The van der Waals surface area contributed by atoms with Crippen molar-refractivity contribution < 1.29 is 4.79 Å². The predicted octanol–water partition coefficient (Wildman–Crippen LogP) is 0.452. The number of anilines is 1. The van der Waals surface area contributed by atoms with Gasteiger partial charge in [0.15, 0.2) is 0 Å². The summed E-state index contributed by atoms with van der Waals surface area (Å²) in [4.78, 5) is 19.6. The zero-order chi connectivity index (χ0) is 15.1. The van der Waals surface area contributed by atoms with E-state index in [1.807, 2.05) is 0 Å². The molecule has 0 fully saturated rings. The fraction of sp³-hybridized carbons (Fsp3) is 0.462. The molecule has 8 nitrogen and oxygen atoms in total. The first-order valence-corrected chi connectivity index (χ1v) is 6.80. The molecule has 112 valence electrons. The van der Waals surface area contributed by atoms with Gasteiger partial charge in [-0.15, -0.1) is 5.10 Å². The standard InChI is InChI=1S/C13H19N7O/c1-10(2)6-14-7-11-8-20(19-18-11)9-12(21)17-13-15-4-3-5-16-13/h3-5,8,10,14H,6-7,9H2,1-2H3,(H,15,16,17,21). The molecule has 2 aromatic heterocycles. The van der Waals surface area contributed by atoms with Crippen molar-refractivity contribution in [3.05, 3.63) is 30.4 Å². The van der Waals surface area contributed by atoms with E-state index in [1.165, 1.54) is 4.68 Å². The highest BCUT2D eigenvalue weighted by Gasteiger charge is 2.07. The maximum absolute atomic E-state index is 11.8. The third-order valence-corrected chi connectivity index (χ3v) is 2.57. The van der Waals surface area contributed by atoms with E-state index >= 15 is 0 Å². The summed E-state index contributed by atoms with van der Waals surface area (Å²) < 4.78 is 1.49. The Morgan fingerprint density at radius 1 is 1.33 bits per heavy atom. The summed E-state index contributed by atoms with van der Waals surface area (Å²) >= 11 is 0. The maximum atomic E-state index is 11.8. The van der Waals surface area contributed by atoms with Gasteiger partial charge in [-0.3, -0.25) is 10.1 Å². The van der Waals surface area contributed by atoms with Crippen LogP contribution in [0.25, 0.3) is 0 Å². The summed E-state index contributed by atoms with van der Waals surface area (Å²) in [5.41, 5.74) is 0.805. The first-order valence-electron chi connectivity index (χ1n) is 6.80. The molecule has 0 saturated heterocycles. The van der Waals surface area contributed by atoms with Crippen molar-refractivity contribution in [1.82, 2.24) is 30.3 Å². The zero-order valence-electron chi connectivity index (χ0n) is 12.2. The molecule has 2 rings (SSSR count). The molecule has 2 aromatic rings. The summed E-state index contributed by atoms with van der Waals surface area (Å²) in [6, 6.07) is 1.68. The molecule has 0 aliphatic rings. The van der Waals surface area contributed by atoms with E-state index in [-0.39, 0.29) is 18.4 Å². The van der Waals surface area contributed by atoms with Crippen molar-refractivity contribution in [2.75, 3.05) is 11.9 Å². The fourth-order valence-electron chi connectivity index (χ4n) is 1.66. The van der Waals surface area contributed by atoms with Gasteiger partial charge in [0.2, 0.25) is 11.9 Å². The van der Waals surface area contributed by atoms with Crippen LogP contribution in [-0.4, -0.2) is 37.4 Å². The van der Waals surface area contributed by atoms with Crippen LogP contribution >= 0.6 is 0 Å². The second kappa shape index (κ2) is 7.44. The number of carbonyl (C=O) groups excluding carboxylic acids is 1. The van der Waals surface area contributed by atoms with E-state index in [2.05, 4.69) is 44.8 Å². The largest absolute Gasteiger partial charge is 0.311 e. The van der Waals surface area contributed by atoms with Gasteiger partial charge in [0, 0.05) is 18.9 Å². The minimum atomic E-state index is -0.243. The van der Waals surface area contributed by atoms with Crippen molar-refractivity contribution in [3.63, 3.8) is 0 Å². The Morgan fingerprint density at radius 2 is 2.10 bits per heavy atom. The van der Waals surface area contributed by atoms with Gasteiger partial charge in [-0.2, -0.15) is 0 Å². The molecule has 0 aromatic carbocycles. The van der Waals surface area contributed by atoms with Crippen LogP contribution in [0.5, 0.6) is 0 Å². The zero-order valence-corrected chi connectivity index (χ0v) is 12.2. The van der Waals surface area contributed by atoms with Crippen LogP contribution in [0.2, 0.25) is 0 Å².